The predicted octanol–water partition coefficient (Wildman–Crippen LogP) is 2.62. The highest BCUT2D eigenvalue weighted by Crippen LogP contribution is 2.37. The predicted molar refractivity (Wildman–Crippen MR) is 71.0 cm³/mol. The van der Waals surface area contributed by atoms with Crippen molar-refractivity contribution in [2.24, 2.45) is 5.92 Å². The van der Waals surface area contributed by atoms with E-state index in [-0.39, 0.29) is 0 Å². The summed E-state index contributed by atoms with van der Waals surface area (Å²) in [5.74, 6) is 1.61. The Morgan fingerprint density at radius 2 is 2.41 bits per heavy atom. The molecular weight excluding hydrogens is 280 g/mol. The molecular formula is C13H15BrN2O. The SMILES string of the molecule is COc1cc(C2=CCC[C@@H]3CN[C@H]23)cnc1Br. The highest BCUT2D eigenvalue weighted by Gasteiger charge is 2.35. The van der Waals surface area contributed by atoms with Crippen LogP contribution in [0, 0.1) is 5.92 Å². The van der Waals surface area contributed by atoms with Crippen LogP contribution in [0.1, 0.15) is 18.4 Å². The molecule has 0 spiro atoms. The molecule has 1 saturated heterocycles. The van der Waals surface area contributed by atoms with Crippen LogP contribution < -0.4 is 10.1 Å². The molecule has 2 aliphatic rings. The third-order valence-electron chi connectivity index (χ3n) is 3.67. The van der Waals surface area contributed by atoms with E-state index in [9.17, 15) is 0 Å². The summed E-state index contributed by atoms with van der Waals surface area (Å²) in [6.45, 7) is 1.16. The van der Waals surface area contributed by atoms with Gasteiger partial charge < -0.3 is 10.1 Å². The fourth-order valence-corrected chi connectivity index (χ4v) is 3.02. The van der Waals surface area contributed by atoms with Crippen LogP contribution >= 0.6 is 15.9 Å². The number of nitrogens with one attached hydrogen (secondary N) is 1. The summed E-state index contributed by atoms with van der Waals surface area (Å²) in [7, 11) is 1.67. The summed E-state index contributed by atoms with van der Waals surface area (Å²) in [6, 6.07) is 2.59. The van der Waals surface area contributed by atoms with Crippen molar-refractivity contribution in [3.63, 3.8) is 0 Å². The van der Waals surface area contributed by atoms with E-state index in [0.29, 0.717) is 6.04 Å². The molecule has 1 aromatic rings. The van der Waals surface area contributed by atoms with E-state index in [0.717, 1.165) is 22.8 Å². The van der Waals surface area contributed by atoms with Crippen molar-refractivity contribution in [1.29, 1.82) is 0 Å². The summed E-state index contributed by atoms with van der Waals surface area (Å²) in [5, 5.41) is 3.50. The fourth-order valence-electron chi connectivity index (χ4n) is 2.64. The van der Waals surface area contributed by atoms with Gasteiger partial charge in [-0.15, -0.1) is 0 Å². The monoisotopic (exact) mass is 294 g/mol. The minimum Gasteiger partial charge on any atom is -0.494 e. The first-order valence-corrected chi connectivity index (χ1v) is 6.72. The number of nitrogens with zero attached hydrogens (tertiary/aromatic N) is 1. The normalized spacial score (nSPS) is 26.8. The Balaban J connectivity index is 1.95. The van der Waals surface area contributed by atoms with Crippen LogP contribution in [0.15, 0.2) is 22.9 Å². The van der Waals surface area contributed by atoms with Gasteiger partial charge in [-0.2, -0.15) is 0 Å². The first-order chi connectivity index (χ1) is 8.29. The number of pyridine rings is 1. The van der Waals surface area contributed by atoms with Crippen molar-refractivity contribution in [3.05, 3.63) is 28.5 Å². The quantitative estimate of drug-likeness (QED) is 0.852. The zero-order valence-corrected chi connectivity index (χ0v) is 11.3. The Morgan fingerprint density at radius 1 is 1.53 bits per heavy atom. The molecule has 4 heteroatoms. The lowest BCUT2D eigenvalue weighted by Crippen LogP contribution is -2.54. The van der Waals surface area contributed by atoms with Crippen molar-refractivity contribution in [2.75, 3.05) is 13.7 Å². The molecule has 0 saturated carbocycles. The molecule has 90 valence electrons. The second-order valence-electron chi connectivity index (χ2n) is 4.60. The van der Waals surface area contributed by atoms with Crippen LogP contribution in [0.4, 0.5) is 0 Å². The Hall–Kier alpha value is -0.870. The molecule has 0 bridgehead atoms. The number of ether oxygens (including phenoxy) is 1. The average molecular weight is 295 g/mol. The number of hydrogen-bond donors (Lipinski definition) is 1. The van der Waals surface area contributed by atoms with Crippen molar-refractivity contribution >= 4 is 21.5 Å². The van der Waals surface area contributed by atoms with E-state index in [2.05, 4.69) is 38.4 Å². The Morgan fingerprint density at radius 3 is 3.12 bits per heavy atom. The number of aromatic nitrogens is 1. The third kappa shape index (κ3) is 1.89. The lowest BCUT2D eigenvalue weighted by atomic mass is 9.76. The van der Waals surface area contributed by atoms with Crippen LogP contribution in [0.25, 0.3) is 5.57 Å². The average Bonchev–Trinajstić information content (AvgIpc) is 2.31. The van der Waals surface area contributed by atoms with Gasteiger partial charge >= 0.3 is 0 Å². The number of halogens is 1. The van der Waals surface area contributed by atoms with Gasteiger partial charge in [0.1, 0.15) is 4.60 Å². The Bertz CT molecular complexity index is 472. The Kier molecular flexibility index (Phi) is 2.92. The maximum Gasteiger partial charge on any atom is 0.152 e. The minimum absolute atomic E-state index is 0.524. The van der Waals surface area contributed by atoms with Crippen LogP contribution in [-0.2, 0) is 0 Å². The van der Waals surface area contributed by atoms with Crippen molar-refractivity contribution in [2.45, 2.75) is 18.9 Å². The van der Waals surface area contributed by atoms with Gasteiger partial charge in [-0.05, 0) is 46.3 Å². The zero-order chi connectivity index (χ0) is 11.8. The maximum atomic E-state index is 5.30. The second kappa shape index (κ2) is 4.42. The van der Waals surface area contributed by atoms with E-state index in [1.165, 1.54) is 24.0 Å². The van der Waals surface area contributed by atoms with Gasteiger partial charge in [0.05, 0.1) is 7.11 Å². The Labute approximate surface area is 109 Å². The maximum absolute atomic E-state index is 5.30. The molecule has 3 nitrogen and oxygen atoms in total. The molecule has 0 amide bonds. The van der Waals surface area contributed by atoms with Crippen LogP contribution in [0.5, 0.6) is 5.75 Å². The number of fused-ring (bicyclic) bond motifs is 1. The molecule has 1 aromatic heterocycles. The molecule has 1 aliphatic heterocycles. The van der Waals surface area contributed by atoms with Crippen molar-refractivity contribution in [3.8, 4) is 5.75 Å². The van der Waals surface area contributed by atoms with Crippen LogP contribution in [0.2, 0.25) is 0 Å². The molecule has 1 aliphatic carbocycles. The zero-order valence-electron chi connectivity index (χ0n) is 9.74. The van der Waals surface area contributed by atoms with Crippen LogP contribution in [0.3, 0.4) is 0 Å². The van der Waals surface area contributed by atoms with Crippen molar-refractivity contribution < 1.29 is 4.74 Å². The largest absolute Gasteiger partial charge is 0.494 e. The topological polar surface area (TPSA) is 34.1 Å². The summed E-state index contributed by atoms with van der Waals surface area (Å²) in [5.41, 5.74) is 2.55. The van der Waals surface area contributed by atoms with Gasteiger partial charge in [-0.1, -0.05) is 6.08 Å². The standard InChI is InChI=1S/C13H15BrN2O/c1-17-11-5-9(7-16-13(11)14)10-4-2-3-8-6-15-12(8)10/h4-5,7-8,12,15H,2-3,6H2,1H3/t8-,12+/m1/s1. The molecule has 0 radical (unpaired) electrons. The number of hydrogen-bond acceptors (Lipinski definition) is 3. The van der Waals surface area contributed by atoms with E-state index in [1.54, 1.807) is 7.11 Å². The summed E-state index contributed by atoms with van der Waals surface area (Å²) in [4.78, 5) is 4.33. The summed E-state index contributed by atoms with van der Waals surface area (Å²) < 4.78 is 6.06. The van der Waals surface area contributed by atoms with E-state index < -0.39 is 0 Å². The number of methoxy groups -OCH3 is 1. The van der Waals surface area contributed by atoms with Crippen LogP contribution in [-0.4, -0.2) is 24.7 Å². The van der Waals surface area contributed by atoms with Crippen molar-refractivity contribution in [1.82, 2.24) is 10.3 Å². The fraction of sp³-hybridized carbons (Fsp3) is 0.462. The lowest BCUT2D eigenvalue weighted by Gasteiger charge is -2.42. The number of rotatable bonds is 2. The molecule has 2 heterocycles. The van der Waals surface area contributed by atoms with Gasteiger partial charge in [0.2, 0.25) is 0 Å². The number of allylic oxidation sites excluding steroid dienone is 1. The molecule has 0 aromatic carbocycles. The summed E-state index contributed by atoms with van der Waals surface area (Å²) >= 11 is 3.38. The highest BCUT2D eigenvalue weighted by molar-refractivity contribution is 9.10. The van der Waals surface area contributed by atoms with Gasteiger partial charge in [-0.3, -0.25) is 0 Å². The molecule has 0 unspecified atom stereocenters. The van der Waals surface area contributed by atoms with Gasteiger partial charge in [0.25, 0.3) is 0 Å². The van der Waals surface area contributed by atoms with Gasteiger partial charge in [-0.25, -0.2) is 4.98 Å². The first-order valence-electron chi connectivity index (χ1n) is 5.93. The van der Waals surface area contributed by atoms with Gasteiger partial charge in [0, 0.05) is 24.3 Å². The highest BCUT2D eigenvalue weighted by atomic mass is 79.9. The molecule has 1 fully saturated rings. The third-order valence-corrected chi connectivity index (χ3v) is 4.26. The first kappa shape index (κ1) is 11.2. The van der Waals surface area contributed by atoms with E-state index >= 15 is 0 Å². The molecule has 3 rings (SSSR count). The van der Waals surface area contributed by atoms with E-state index in [4.69, 9.17) is 4.74 Å². The van der Waals surface area contributed by atoms with Gasteiger partial charge in [0.15, 0.2) is 5.75 Å². The smallest absolute Gasteiger partial charge is 0.152 e. The molecule has 1 N–H and O–H groups in total. The molecule has 2 atom stereocenters. The van der Waals surface area contributed by atoms with E-state index in [1.807, 2.05) is 6.20 Å². The lowest BCUT2D eigenvalue weighted by molar-refractivity contribution is 0.262. The molecule has 17 heavy (non-hydrogen) atoms. The second-order valence-corrected chi connectivity index (χ2v) is 5.35. The summed E-state index contributed by atoms with van der Waals surface area (Å²) in [6.07, 6.45) is 6.73. The minimum atomic E-state index is 0.524.